The number of aromatic nitrogens is 4. The zero-order valence-corrected chi connectivity index (χ0v) is 10.9. The number of imidazole rings is 1. The number of hydrogen-bond donors (Lipinski definition) is 4. The number of nitrogens with zero attached hydrogens (tertiary/aromatic N) is 4. The van der Waals surface area contributed by atoms with E-state index in [2.05, 4.69) is 15.0 Å². The van der Waals surface area contributed by atoms with Gasteiger partial charge in [-0.05, 0) is 5.03 Å². The Bertz CT molecular complexity index is 650. The van der Waals surface area contributed by atoms with Gasteiger partial charge in [-0.25, -0.2) is 9.97 Å². The van der Waals surface area contributed by atoms with Gasteiger partial charge in [0.25, 0.3) is 0 Å². The van der Waals surface area contributed by atoms with Crippen LogP contribution in [0.25, 0.3) is 11.2 Å². The van der Waals surface area contributed by atoms with Crippen LogP contribution in [0.1, 0.15) is 6.23 Å². The van der Waals surface area contributed by atoms with Crippen molar-refractivity contribution in [2.45, 2.75) is 29.6 Å². The minimum atomic E-state index is -1.23. The topological polar surface area (TPSA) is 140 Å². The summed E-state index contributed by atoms with van der Waals surface area (Å²) in [6, 6.07) is 0. The SMILES string of the molecule is Nc1nc([S-])c2ncn([C@@H]3O[C@H](CO)[C@@H](O)[C@H]3O)c2n1. The second kappa shape index (κ2) is 4.75. The number of fused-ring (bicyclic) bond motifs is 1. The minimum Gasteiger partial charge on any atom is -0.758 e. The van der Waals surface area contributed by atoms with Crippen molar-refractivity contribution in [2.24, 2.45) is 0 Å². The van der Waals surface area contributed by atoms with Crippen LogP contribution in [0.15, 0.2) is 11.4 Å². The molecule has 0 amide bonds. The van der Waals surface area contributed by atoms with Crippen LogP contribution < -0.4 is 5.73 Å². The molecule has 0 saturated carbocycles. The van der Waals surface area contributed by atoms with Gasteiger partial charge in [-0.15, -0.1) is 0 Å². The van der Waals surface area contributed by atoms with Gasteiger partial charge in [0, 0.05) is 0 Å². The molecule has 0 radical (unpaired) electrons. The predicted molar refractivity (Wildman–Crippen MR) is 68.4 cm³/mol. The summed E-state index contributed by atoms with van der Waals surface area (Å²) in [5.41, 5.74) is 6.20. The van der Waals surface area contributed by atoms with Crippen LogP contribution in [0.4, 0.5) is 5.95 Å². The molecular weight excluding hydrogens is 286 g/mol. The summed E-state index contributed by atoms with van der Waals surface area (Å²) >= 11 is 5.03. The molecule has 10 heteroatoms. The van der Waals surface area contributed by atoms with Crippen molar-refractivity contribution in [1.82, 2.24) is 19.5 Å². The van der Waals surface area contributed by atoms with Crippen molar-refractivity contribution in [3.05, 3.63) is 6.33 Å². The van der Waals surface area contributed by atoms with Crippen molar-refractivity contribution in [3.63, 3.8) is 0 Å². The Kier molecular flexibility index (Phi) is 3.18. The summed E-state index contributed by atoms with van der Waals surface area (Å²) in [7, 11) is 0. The standard InChI is InChI=1S/C10H13N5O4S/c11-10-13-7-4(8(20)14-10)12-2-15(7)9-6(18)5(17)3(1-16)19-9/h2-3,5-6,9,16-18H,1H2,(H3,11,13,14,20)/p-1/t3-,5-,6-,9-/m1/s1. The first-order valence-electron chi connectivity index (χ1n) is 5.82. The van der Waals surface area contributed by atoms with Crippen LogP contribution in [0, 0.1) is 0 Å². The van der Waals surface area contributed by atoms with Gasteiger partial charge in [0.05, 0.1) is 12.9 Å². The second-order valence-corrected chi connectivity index (χ2v) is 4.83. The maximum atomic E-state index is 9.99. The molecule has 1 saturated heterocycles. The quantitative estimate of drug-likeness (QED) is 0.363. The van der Waals surface area contributed by atoms with Gasteiger partial charge in [0.1, 0.15) is 23.8 Å². The third-order valence-corrected chi connectivity index (χ3v) is 3.48. The fourth-order valence-electron chi connectivity index (χ4n) is 2.20. The normalized spacial score (nSPS) is 30.1. The average molecular weight is 298 g/mol. The zero-order chi connectivity index (χ0) is 14.4. The highest BCUT2D eigenvalue weighted by Gasteiger charge is 2.43. The van der Waals surface area contributed by atoms with Crippen LogP contribution in [-0.2, 0) is 17.4 Å². The minimum absolute atomic E-state index is 0.0176. The van der Waals surface area contributed by atoms with Crippen LogP contribution in [-0.4, -0.2) is 59.8 Å². The van der Waals surface area contributed by atoms with Crippen LogP contribution in [0.2, 0.25) is 0 Å². The van der Waals surface area contributed by atoms with Gasteiger partial charge >= 0.3 is 0 Å². The number of nitrogens with two attached hydrogens (primary N) is 1. The molecule has 4 atom stereocenters. The Labute approximate surface area is 118 Å². The van der Waals surface area contributed by atoms with E-state index >= 15 is 0 Å². The molecule has 2 aromatic heterocycles. The molecule has 5 N–H and O–H groups in total. The summed E-state index contributed by atoms with van der Waals surface area (Å²) in [5, 5.41) is 29.0. The predicted octanol–water partition coefficient (Wildman–Crippen LogP) is -2.07. The van der Waals surface area contributed by atoms with Crippen molar-refractivity contribution in [1.29, 1.82) is 0 Å². The largest absolute Gasteiger partial charge is 0.758 e. The average Bonchev–Trinajstić information content (AvgIpc) is 2.93. The number of rotatable bonds is 2. The molecule has 0 spiro atoms. The van der Waals surface area contributed by atoms with Gasteiger partial charge in [-0.1, -0.05) is 0 Å². The van der Waals surface area contributed by atoms with Gasteiger partial charge in [0.15, 0.2) is 11.9 Å². The summed E-state index contributed by atoms with van der Waals surface area (Å²) in [6.45, 7) is -0.412. The molecule has 2 aromatic rings. The molecule has 20 heavy (non-hydrogen) atoms. The maximum Gasteiger partial charge on any atom is 0.220 e. The van der Waals surface area contributed by atoms with Crippen LogP contribution >= 0.6 is 0 Å². The van der Waals surface area contributed by atoms with Crippen LogP contribution in [0.5, 0.6) is 0 Å². The lowest BCUT2D eigenvalue weighted by molar-refractivity contribution is -0.0511. The van der Waals surface area contributed by atoms with E-state index in [-0.39, 0.29) is 11.0 Å². The highest BCUT2D eigenvalue weighted by Crippen LogP contribution is 2.31. The Morgan fingerprint density at radius 3 is 2.75 bits per heavy atom. The van der Waals surface area contributed by atoms with E-state index in [0.29, 0.717) is 11.2 Å². The zero-order valence-electron chi connectivity index (χ0n) is 10.1. The summed E-state index contributed by atoms with van der Waals surface area (Å²) < 4.78 is 6.81. The molecule has 1 aliphatic heterocycles. The number of anilines is 1. The van der Waals surface area contributed by atoms with Gasteiger partial charge in [-0.2, -0.15) is 4.98 Å². The van der Waals surface area contributed by atoms with E-state index in [1.165, 1.54) is 10.9 Å². The Balaban J connectivity index is 2.07. The van der Waals surface area contributed by atoms with E-state index in [0.717, 1.165) is 0 Å². The Morgan fingerprint density at radius 2 is 2.10 bits per heavy atom. The summed E-state index contributed by atoms with van der Waals surface area (Å²) in [4.78, 5) is 11.9. The number of aliphatic hydroxyl groups excluding tert-OH is 3. The Hall–Kier alpha value is -1.59. The third-order valence-electron chi connectivity index (χ3n) is 3.20. The van der Waals surface area contributed by atoms with Crippen molar-refractivity contribution < 1.29 is 20.1 Å². The highest BCUT2D eigenvalue weighted by molar-refractivity contribution is 7.59. The molecule has 0 bridgehead atoms. The molecule has 108 valence electrons. The molecule has 0 aliphatic carbocycles. The van der Waals surface area contributed by atoms with E-state index in [1.54, 1.807) is 0 Å². The Morgan fingerprint density at radius 1 is 1.35 bits per heavy atom. The maximum absolute atomic E-state index is 9.99. The molecule has 9 nitrogen and oxygen atoms in total. The number of ether oxygens (including phenoxy) is 1. The molecule has 1 aliphatic rings. The first-order chi connectivity index (χ1) is 9.52. The lowest BCUT2D eigenvalue weighted by Crippen LogP contribution is -2.33. The first-order valence-corrected chi connectivity index (χ1v) is 6.23. The van der Waals surface area contributed by atoms with E-state index in [1.807, 2.05) is 0 Å². The van der Waals surface area contributed by atoms with E-state index < -0.39 is 31.1 Å². The molecule has 0 aromatic carbocycles. The molecule has 3 rings (SSSR count). The van der Waals surface area contributed by atoms with Gasteiger partial charge in [0.2, 0.25) is 5.95 Å². The lowest BCUT2D eigenvalue weighted by Gasteiger charge is -2.17. The van der Waals surface area contributed by atoms with Crippen molar-refractivity contribution >= 4 is 29.7 Å². The molecule has 1 fully saturated rings. The summed E-state index contributed by atoms with van der Waals surface area (Å²) in [5.74, 6) is -0.0176. The summed E-state index contributed by atoms with van der Waals surface area (Å²) in [6.07, 6.45) is -2.88. The smallest absolute Gasteiger partial charge is 0.220 e. The molecule has 0 unspecified atom stereocenters. The number of nitrogen functional groups attached to an aromatic ring is 1. The van der Waals surface area contributed by atoms with Gasteiger partial charge in [-0.3, -0.25) is 4.57 Å². The first kappa shape index (κ1) is 13.4. The van der Waals surface area contributed by atoms with Crippen molar-refractivity contribution in [3.8, 4) is 0 Å². The number of aliphatic hydroxyl groups is 3. The molecular formula is C10H12N5O4S-. The monoisotopic (exact) mass is 298 g/mol. The highest BCUT2D eigenvalue weighted by atomic mass is 32.1. The van der Waals surface area contributed by atoms with Gasteiger partial charge < -0.3 is 38.4 Å². The fraction of sp³-hybridized carbons (Fsp3) is 0.500. The van der Waals surface area contributed by atoms with Crippen LogP contribution in [0.3, 0.4) is 0 Å². The number of hydrogen-bond acceptors (Lipinski definition) is 9. The van der Waals surface area contributed by atoms with E-state index in [4.69, 9.17) is 28.2 Å². The van der Waals surface area contributed by atoms with Crippen molar-refractivity contribution in [2.75, 3.05) is 12.3 Å². The second-order valence-electron chi connectivity index (χ2n) is 4.44. The molecule has 3 heterocycles. The third kappa shape index (κ3) is 1.89. The fourth-order valence-corrected chi connectivity index (χ4v) is 2.44. The lowest BCUT2D eigenvalue weighted by atomic mass is 10.1. The van der Waals surface area contributed by atoms with E-state index in [9.17, 15) is 10.2 Å².